The van der Waals surface area contributed by atoms with Crippen LogP contribution in [0.1, 0.15) is 61.0 Å². The van der Waals surface area contributed by atoms with Gasteiger partial charge in [0.1, 0.15) is 5.75 Å². The highest BCUT2D eigenvalue weighted by molar-refractivity contribution is 6.75. The first-order valence-electron chi connectivity index (χ1n) is 11.9. The lowest BCUT2D eigenvalue weighted by Gasteiger charge is -2.45. The highest BCUT2D eigenvalue weighted by atomic mass is 28.4. The lowest BCUT2D eigenvalue weighted by atomic mass is 9.99. The van der Waals surface area contributed by atoms with Crippen LogP contribution in [0, 0.1) is 11.8 Å². The number of ether oxygens (including phenoxy) is 1. The third-order valence-electron chi connectivity index (χ3n) is 8.41. The van der Waals surface area contributed by atoms with Gasteiger partial charge in [0, 0.05) is 11.6 Å². The maximum absolute atomic E-state index is 12.3. The highest BCUT2D eigenvalue weighted by Gasteiger charge is 2.48. The summed E-state index contributed by atoms with van der Waals surface area (Å²) in [4.78, 5) is 12.3. The topological polar surface area (TPSA) is 44.8 Å². The molecular formula is C27H46O4Si2. The molecule has 0 heterocycles. The van der Waals surface area contributed by atoms with Crippen molar-refractivity contribution in [2.75, 3.05) is 0 Å². The normalized spacial score (nSPS) is 13.2. The zero-order chi connectivity index (χ0) is 26.0. The van der Waals surface area contributed by atoms with Crippen LogP contribution in [-0.2, 0) is 4.79 Å². The molecule has 0 aromatic heterocycles. The summed E-state index contributed by atoms with van der Waals surface area (Å²) >= 11 is 0. The Kier molecular flexibility index (Phi) is 9.05. The summed E-state index contributed by atoms with van der Waals surface area (Å²) in [7, 11) is -4.61. The van der Waals surface area contributed by atoms with E-state index in [0.717, 1.165) is 6.08 Å². The molecule has 0 radical (unpaired) electrons. The van der Waals surface area contributed by atoms with E-state index in [1.54, 1.807) is 6.08 Å². The summed E-state index contributed by atoms with van der Waals surface area (Å²) in [5.74, 6) is 1.78. The van der Waals surface area contributed by atoms with Gasteiger partial charge in [-0.05, 0) is 60.2 Å². The molecule has 0 saturated heterocycles. The van der Waals surface area contributed by atoms with Crippen LogP contribution in [0.25, 0.3) is 6.08 Å². The van der Waals surface area contributed by atoms with Crippen molar-refractivity contribution in [1.29, 1.82) is 0 Å². The predicted molar refractivity (Wildman–Crippen MR) is 146 cm³/mol. The van der Waals surface area contributed by atoms with Crippen LogP contribution < -0.4 is 13.6 Å². The SMILES string of the molecule is C=CC(=O)Oc1c(C=C)ccc(O[Si](C)(C)C(C)(C)C(C)C)c1O[Si](C)(C)C(C)(C)C(C)C. The predicted octanol–water partition coefficient (Wildman–Crippen LogP) is 8.46. The van der Waals surface area contributed by atoms with Crippen molar-refractivity contribution in [3.05, 3.63) is 36.9 Å². The molecule has 0 aliphatic carbocycles. The van der Waals surface area contributed by atoms with E-state index in [1.807, 2.05) is 12.1 Å². The summed E-state index contributed by atoms with van der Waals surface area (Å²) in [6.45, 7) is 34.3. The smallest absolute Gasteiger partial charge is 0.335 e. The number of hydrogen-bond donors (Lipinski definition) is 0. The molecule has 0 unspecified atom stereocenters. The fourth-order valence-electron chi connectivity index (χ4n) is 3.33. The second-order valence-electron chi connectivity index (χ2n) is 11.6. The van der Waals surface area contributed by atoms with E-state index in [1.165, 1.54) is 0 Å². The van der Waals surface area contributed by atoms with Crippen molar-refractivity contribution < 1.29 is 18.4 Å². The van der Waals surface area contributed by atoms with Crippen LogP contribution in [0.4, 0.5) is 0 Å². The Morgan fingerprint density at radius 2 is 1.30 bits per heavy atom. The Morgan fingerprint density at radius 3 is 1.70 bits per heavy atom. The molecule has 186 valence electrons. The molecule has 0 atom stereocenters. The molecule has 0 amide bonds. The third-order valence-corrected chi connectivity index (χ3v) is 17.2. The van der Waals surface area contributed by atoms with E-state index in [9.17, 15) is 4.79 Å². The Balaban J connectivity index is 3.80. The number of esters is 1. The Bertz CT molecular complexity index is 880. The van der Waals surface area contributed by atoms with Crippen LogP contribution >= 0.6 is 0 Å². The summed E-state index contributed by atoms with van der Waals surface area (Å²) in [5.41, 5.74) is 0.683. The monoisotopic (exact) mass is 490 g/mol. The molecule has 0 saturated carbocycles. The Hall–Kier alpha value is -1.80. The van der Waals surface area contributed by atoms with Gasteiger partial charge in [-0.15, -0.1) is 0 Å². The quantitative estimate of drug-likeness (QED) is 0.135. The number of carbonyl (C=O) groups is 1. The molecule has 0 N–H and O–H groups in total. The third kappa shape index (κ3) is 6.01. The van der Waals surface area contributed by atoms with Crippen molar-refractivity contribution in [2.24, 2.45) is 11.8 Å². The van der Waals surface area contributed by atoms with Crippen LogP contribution in [0.2, 0.25) is 36.3 Å². The van der Waals surface area contributed by atoms with Gasteiger partial charge in [0.25, 0.3) is 16.6 Å². The summed E-state index contributed by atoms with van der Waals surface area (Å²) < 4.78 is 19.4. The molecule has 0 bridgehead atoms. The number of rotatable bonds is 11. The fourth-order valence-corrected chi connectivity index (χ4v) is 8.05. The minimum Gasteiger partial charge on any atom is -0.541 e. The van der Waals surface area contributed by atoms with Crippen molar-refractivity contribution in [3.8, 4) is 17.2 Å². The molecule has 4 nitrogen and oxygen atoms in total. The zero-order valence-corrected chi connectivity index (χ0v) is 25.0. The molecular weight excluding hydrogens is 444 g/mol. The van der Waals surface area contributed by atoms with Crippen LogP contribution in [0.3, 0.4) is 0 Å². The van der Waals surface area contributed by atoms with Gasteiger partial charge in [0.15, 0.2) is 11.5 Å². The molecule has 0 spiro atoms. The van der Waals surface area contributed by atoms with E-state index in [-0.39, 0.29) is 10.1 Å². The second kappa shape index (κ2) is 10.2. The van der Waals surface area contributed by atoms with Crippen LogP contribution in [-0.4, -0.2) is 22.6 Å². The fraction of sp³-hybridized carbons (Fsp3) is 0.593. The molecule has 1 aromatic rings. The number of hydrogen-bond acceptors (Lipinski definition) is 4. The lowest BCUT2D eigenvalue weighted by molar-refractivity contribution is -0.129. The van der Waals surface area contributed by atoms with E-state index < -0.39 is 22.6 Å². The molecule has 1 rings (SSSR count). The summed E-state index contributed by atoms with van der Waals surface area (Å²) in [5, 5.41) is -0.0399. The maximum atomic E-state index is 12.3. The molecule has 6 heteroatoms. The first-order valence-corrected chi connectivity index (χ1v) is 17.7. The van der Waals surface area contributed by atoms with Gasteiger partial charge in [0.2, 0.25) is 0 Å². The van der Waals surface area contributed by atoms with E-state index in [2.05, 4.69) is 94.7 Å². The van der Waals surface area contributed by atoms with Gasteiger partial charge in [-0.25, -0.2) is 4.79 Å². The Morgan fingerprint density at radius 1 is 0.848 bits per heavy atom. The molecule has 0 aliphatic rings. The first kappa shape index (κ1) is 29.2. The summed E-state index contributed by atoms with van der Waals surface area (Å²) in [6.07, 6.45) is 2.83. The van der Waals surface area contributed by atoms with Gasteiger partial charge in [-0.2, -0.15) is 0 Å². The number of carbonyl (C=O) groups excluding carboxylic acids is 1. The van der Waals surface area contributed by atoms with Gasteiger partial charge >= 0.3 is 5.97 Å². The molecule has 0 fully saturated rings. The first-order chi connectivity index (χ1) is 14.9. The molecule has 1 aromatic carbocycles. The summed E-state index contributed by atoms with van der Waals surface area (Å²) in [6, 6.07) is 3.80. The van der Waals surface area contributed by atoms with Gasteiger partial charge in [0.05, 0.1) is 0 Å². The van der Waals surface area contributed by atoms with Gasteiger partial charge in [-0.3, -0.25) is 0 Å². The maximum Gasteiger partial charge on any atom is 0.335 e. The van der Waals surface area contributed by atoms with Crippen LogP contribution in [0.15, 0.2) is 31.4 Å². The molecule has 33 heavy (non-hydrogen) atoms. The Labute approximate surface area is 204 Å². The van der Waals surface area contributed by atoms with Crippen molar-refractivity contribution in [2.45, 2.75) is 91.7 Å². The zero-order valence-electron chi connectivity index (χ0n) is 23.0. The van der Waals surface area contributed by atoms with Crippen molar-refractivity contribution in [3.63, 3.8) is 0 Å². The van der Waals surface area contributed by atoms with E-state index in [4.69, 9.17) is 13.6 Å². The van der Waals surface area contributed by atoms with Crippen LogP contribution in [0.5, 0.6) is 17.2 Å². The van der Waals surface area contributed by atoms with Crippen molar-refractivity contribution >= 4 is 28.7 Å². The minimum absolute atomic E-state index is 0.00346. The largest absolute Gasteiger partial charge is 0.541 e. The standard InChI is InChI=1S/C27H46O4Si2/c1-15-21-17-18-22(30-32(11,12)26(7,8)19(3)4)25(24(21)29-23(28)16-2)31-33(13,14)27(9,10)20(5)6/h15-20H,1-2H2,3-14H3. The van der Waals surface area contributed by atoms with Crippen molar-refractivity contribution in [1.82, 2.24) is 0 Å². The highest BCUT2D eigenvalue weighted by Crippen LogP contribution is 2.52. The van der Waals surface area contributed by atoms with Gasteiger partial charge in [-0.1, -0.05) is 74.6 Å². The molecule has 0 aliphatic heterocycles. The lowest BCUT2D eigenvalue weighted by Crippen LogP contribution is -2.49. The van der Waals surface area contributed by atoms with E-state index in [0.29, 0.717) is 34.6 Å². The van der Waals surface area contributed by atoms with Gasteiger partial charge < -0.3 is 13.6 Å². The average molecular weight is 491 g/mol. The average Bonchev–Trinajstić information content (AvgIpc) is 2.69. The number of benzene rings is 1. The minimum atomic E-state index is -2.35. The second-order valence-corrected chi connectivity index (χ2v) is 20.6. The van der Waals surface area contributed by atoms with E-state index >= 15 is 0 Å².